The maximum absolute atomic E-state index is 10.6. The van der Waals surface area contributed by atoms with Gasteiger partial charge in [0.1, 0.15) is 0 Å². The molecule has 5 nitrogen and oxygen atoms in total. The van der Waals surface area contributed by atoms with Crippen molar-refractivity contribution in [2.45, 2.75) is 4.90 Å². The van der Waals surface area contributed by atoms with Gasteiger partial charge < -0.3 is 5.11 Å². The van der Waals surface area contributed by atoms with Crippen LogP contribution in [0.25, 0.3) is 0 Å². The first-order chi connectivity index (χ1) is 7.61. The molecule has 1 rings (SSSR count). The predicted molar refractivity (Wildman–Crippen MR) is 60.6 cm³/mol. The molecule has 0 fully saturated rings. The van der Waals surface area contributed by atoms with Crippen molar-refractivity contribution < 1.29 is 14.8 Å². The predicted octanol–water partition coefficient (Wildman–Crippen LogP) is 2.33. The average molecular weight is 239 g/mol. The van der Waals surface area contributed by atoms with E-state index < -0.39 is 10.9 Å². The summed E-state index contributed by atoms with van der Waals surface area (Å²) in [7, 11) is 0. The smallest absolute Gasteiger partial charge is 0.328 e. The molecular weight excluding hydrogens is 230 g/mol. The van der Waals surface area contributed by atoms with E-state index >= 15 is 0 Å². The summed E-state index contributed by atoms with van der Waals surface area (Å²) in [6.45, 7) is 0. The van der Waals surface area contributed by atoms with E-state index in [0.717, 1.165) is 6.08 Å². The zero-order valence-electron chi connectivity index (χ0n) is 8.20. The van der Waals surface area contributed by atoms with Gasteiger partial charge in [-0.25, -0.2) is 4.79 Å². The molecule has 1 aromatic rings. The highest BCUT2D eigenvalue weighted by Crippen LogP contribution is 2.28. The third-order valence-corrected chi connectivity index (χ3v) is 2.67. The van der Waals surface area contributed by atoms with Crippen molar-refractivity contribution >= 4 is 23.4 Å². The largest absolute Gasteiger partial charge is 0.478 e. The SMILES string of the molecule is O=C(O)C=CCSc1ccccc1[N+](=O)[O-]. The van der Waals surface area contributed by atoms with Crippen molar-refractivity contribution in [1.29, 1.82) is 0 Å². The fourth-order valence-corrected chi connectivity index (χ4v) is 1.85. The van der Waals surface area contributed by atoms with Gasteiger partial charge in [-0.3, -0.25) is 10.1 Å². The molecule has 0 aliphatic heterocycles. The molecule has 0 atom stereocenters. The van der Waals surface area contributed by atoms with Crippen molar-refractivity contribution in [3.05, 3.63) is 46.5 Å². The Morgan fingerprint density at radius 2 is 2.19 bits per heavy atom. The number of benzene rings is 1. The van der Waals surface area contributed by atoms with Crippen molar-refractivity contribution in [3.8, 4) is 0 Å². The molecular formula is C10H9NO4S. The molecule has 6 heteroatoms. The van der Waals surface area contributed by atoms with Gasteiger partial charge in [-0.05, 0) is 6.07 Å². The Morgan fingerprint density at radius 1 is 1.50 bits per heavy atom. The number of para-hydroxylation sites is 1. The summed E-state index contributed by atoms with van der Waals surface area (Å²) in [5, 5.41) is 19.0. The van der Waals surface area contributed by atoms with Gasteiger partial charge in [0.05, 0.1) is 9.82 Å². The number of nitro benzene ring substituents is 1. The Hall–Kier alpha value is -1.82. The standard InChI is InChI=1S/C10H9NO4S/c12-10(13)6-3-7-16-9-5-2-1-4-8(9)11(14)15/h1-6H,7H2,(H,12,13). The highest BCUT2D eigenvalue weighted by atomic mass is 32.2. The lowest BCUT2D eigenvalue weighted by atomic mass is 10.3. The number of thioether (sulfide) groups is 1. The van der Waals surface area contributed by atoms with Crippen molar-refractivity contribution in [2.75, 3.05) is 5.75 Å². The quantitative estimate of drug-likeness (QED) is 0.369. The topological polar surface area (TPSA) is 80.4 Å². The van der Waals surface area contributed by atoms with Crippen LogP contribution in [-0.4, -0.2) is 21.8 Å². The normalized spacial score (nSPS) is 10.5. The lowest BCUT2D eigenvalue weighted by Crippen LogP contribution is -1.90. The van der Waals surface area contributed by atoms with Crippen LogP contribution >= 0.6 is 11.8 Å². The second-order valence-corrected chi connectivity index (χ2v) is 3.84. The highest BCUT2D eigenvalue weighted by molar-refractivity contribution is 7.99. The third kappa shape index (κ3) is 3.74. The molecule has 0 spiro atoms. The van der Waals surface area contributed by atoms with Crippen molar-refractivity contribution in [3.63, 3.8) is 0 Å². The molecule has 0 bridgehead atoms. The van der Waals surface area contributed by atoms with Crippen LogP contribution in [0.1, 0.15) is 0 Å². The summed E-state index contributed by atoms with van der Waals surface area (Å²) in [6.07, 6.45) is 2.46. The molecule has 0 saturated heterocycles. The Bertz CT molecular complexity index is 431. The minimum atomic E-state index is -1.02. The van der Waals surface area contributed by atoms with E-state index in [1.807, 2.05) is 0 Å². The second kappa shape index (κ2) is 5.92. The first-order valence-electron chi connectivity index (χ1n) is 4.37. The molecule has 0 radical (unpaired) electrons. The maximum atomic E-state index is 10.6. The van der Waals surface area contributed by atoms with Gasteiger partial charge in [-0.15, -0.1) is 11.8 Å². The van der Waals surface area contributed by atoms with Gasteiger partial charge in [0.2, 0.25) is 0 Å². The summed E-state index contributed by atoms with van der Waals surface area (Å²) >= 11 is 1.23. The zero-order valence-corrected chi connectivity index (χ0v) is 9.02. The molecule has 0 aliphatic rings. The number of aliphatic carboxylic acids is 1. The van der Waals surface area contributed by atoms with E-state index in [-0.39, 0.29) is 5.69 Å². The summed E-state index contributed by atoms with van der Waals surface area (Å²) in [5.41, 5.74) is 0.0382. The molecule has 0 amide bonds. The Morgan fingerprint density at radius 3 is 2.81 bits per heavy atom. The van der Waals surface area contributed by atoms with Gasteiger partial charge in [-0.1, -0.05) is 18.2 Å². The molecule has 1 N–H and O–H groups in total. The number of carboxylic acid groups (broad SMARTS) is 1. The number of carboxylic acids is 1. The zero-order chi connectivity index (χ0) is 12.0. The van der Waals surface area contributed by atoms with Crippen LogP contribution in [0.2, 0.25) is 0 Å². The van der Waals surface area contributed by atoms with Crippen LogP contribution in [-0.2, 0) is 4.79 Å². The minimum Gasteiger partial charge on any atom is -0.478 e. The average Bonchev–Trinajstić information content (AvgIpc) is 2.24. The first kappa shape index (κ1) is 12.3. The summed E-state index contributed by atoms with van der Waals surface area (Å²) in [4.78, 5) is 20.9. The third-order valence-electron chi connectivity index (χ3n) is 1.66. The minimum absolute atomic E-state index is 0.0382. The van der Waals surface area contributed by atoms with E-state index in [2.05, 4.69) is 0 Å². The van der Waals surface area contributed by atoms with Gasteiger partial charge in [0, 0.05) is 17.9 Å². The maximum Gasteiger partial charge on any atom is 0.328 e. The van der Waals surface area contributed by atoms with E-state index in [1.165, 1.54) is 23.9 Å². The van der Waals surface area contributed by atoms with Crippen LogP contribution in [0.3, 0.4) is 0 Å². The van der Waals surface area contributed by atoms with Crippen molar-refractivity contribution in [1.82, 2.24) is 0 Å². The number of nitro groups is 1. The van der Waals surface area contributed by atoms with Crippen molar-refractivity contribution in [2.24, 2.45) is 0 Å². The first-order valence-corrected chi connectivity index (χ1v) is 5.35. The Kier molecular flexibility index (Phi) is 4.53. The Balaban J connectivity index is 2.67. The lowest BCUT2D eigenvalue weighted by Gasteiger charge is -1.99. The van der Waals surface area contributed by atoms with Crippen LogP contribution in [0.15, 0.2) is 41.3 Å². The highest BCUT2D eigenvalue weighted by Gasteiger charge is 2.11. The molecule has 0 heterocycles. The number of nitrogens with zero attached hydrogens (tertiary/aromatic N) is 1. The van der Waals surface area contributed by atoms with E-state index in [9.17, 15) is 14.9 Å². The molecule has 0 unspecified atom stereocenters. The van der Waals surface area contributed by atoms with Gasteiger partial charge >= 0.3 is 5.97 Å². The van der Waals surface area contributed by atoms with E-state index in [1.54, 1.807) is 18.2 Å². The molecule has 16 heavy (non-hydrogen) atoms. The number of hydrogen-bond donors (Lipinski definition) is 1. The van der Waals surface area contributed by atoms with Crippen LogP contribution < -0.4 is 0 Å². The monoisotopic (exact) mass is 239 g/mol. The fraction of sp³-hybridized carbons (Fsp3) is 0.100. The molecule has 0 aromatic heterocycles. The summed E-state index contributed by atoms with van der Waals surface area (Å²) < 4.78 is 0. The Labute approximate surface area is 95.9 Å². The lowest BCUT2D eigenvalue weighted by molar-refractivity contribution is -0.387. The number of rotatable bonds is 5. The van der Waals surface area contributed by atoms with E-state index in [4.69, 9.17) is 5.11 Å². The van der Waals surface area contributed by atoms with Crippen LogP contribution in [0, 0.1) is 10.1 Å². The van der Waals surface area contributed by atoms with E-state index in [0.29, 0.717) is 10.6 Å². The van der Waals surface area contributed by atoms with Crippen LogP contribution in [0.4, 0.5) is 5.69 Å². The molecule has 1 aromatic carbocycles. The van der Waals surface area contributed by atoms with Gasteiger partial charge in [0.15, 0.2) is 0 Å². The summed E-state index contributed by atoms with van der Waals surface area (Å²) in [5.74, 6) is -0.639. The number of carbonyl (C=O) groups is 1. The molecule has 84 valence electrons. The van der Waals surface area contributed by atoms with Gasteiger partial charge in [-0.2, -0.15) is 0 Å². The van der Waals surface area contributed by atoms with Gasteiger partial charge in [0.25, 0.3) is 5.69 Å². The molecule has 0 aliphatic carbocycles. The number of hydrogen-bond acceptors (Lipinski definition) is 4. The summed E-state index contributed by atoms with van der Waals surface area (Å²) in [6, 6.07) is 6.35. The van der Waals surface area contributed by atoms with Crippen LogP contribution in [0.5, 0.6) is 0 Å². The molecule has 0 saturated carbocycles. The fourth-order valence-electron chi connectivity index (χ4n) is 1.02. The second-order valence-electron chi connectivity index (χ2n) is 2.78.